The number of piperidine rings is 1. The highest BCUT2D eigenvalue weighted by Crippen LogP contribution is 2.15. The predicted molar refractivity (Wildman–Crippen MR) is 107 cm³/mol. The van der Waals surface area contributed by atoms with Crippen LogP contribution >= 0.6 is 0 Å². The molecule has 0 spiro atoms. The first-order chi connectivity index (χ1) is 13.0. The highest BCUT2D eigenvalue weighted by Gasteiger charge is 2.24. The summed E-state index contributed by atoms with van der Waals surface area (Å²) in [7, 11) is 0. The van der Waals surface area contributed by atoms with E-state index >= 15 is 0 Å². The van der Waals surface area contributed by atoms with E-state index in [1.54, 1.807) is 11.8 Å². The van der Waals surface area contributed by atoms with Crippen LogP contribution in [0.15, 0.2) is 24.3 Å². The molecule has 3 amide bonds. The lowest BCUT2D eigenvalue weighted by Crippen LogP contribution is -2.50. The monoisotopic (exact) mass is 376 g/mol. The number of likely N-dealkylation sites (N-methyl/N-ethyl adjacent to an activating group) is 1. The van der Waals surface area contributed by atoms with E-state index in [4.69, 9.17) is 4.74 Å². The molecule has 2 rings (SSSR count). The molecule has 1 aliphatic rings. The Kier molecular flexibility index (Phi) is 8.23. The minimum Gasteiger partial charge on any atom is -0.450 e. The van der Waals surface area contributed by atoms with Crippen molar-refractivity contribution in [1.29, 1.82) is 0 Å². The van der Waals surface area contributed by atoms with Gasteiger partial charge in [0.25, 0.3) is 0 Å². The largest absolute Gasteiger partial charge is 0.450 e. The number of nitrogens with one attached hydrogen (secondary N) is 2. The van der Waals surface area contributed by atoms with Crippen molar-refractivity contribution in [2.75, 3.05) is 44.2 Å². The number of hydrogen-bond donors (Lipinski definition) is 2. The first-order valence-corrected chi connectivity index (χ1v) is 9.81. The van der Waals surface area contributed by atoms with Crippen LogP contribution in [0, 0.1) is 6.92 Å². The van der Waals surface area contributed by atoms with Crippen molar-refractivity contribution in [3.8, 4) is 0 Å². The van der Waals surface area contributed by atoms with Gasteiger partial charge in [-0.2, -0.15) is 0 Å². The maximum absolute atomic E-state index is 12.1. The fourth-order valence-corrected chi connectivity index (χ4v) is 3.26. The average Bonchev–Trinajstić information content (AvgIpc) is 2.66. The Hall–Kier alpha value is -2.44. The number of rotatable bonds is 7. The van der Waals surface area contributed by atoms with Crippen molar-refractivity contribution in [3.05, 3.63) is 29.8 Å². The molecule has 2 N–H and O–H groups in total. The van der Waals surface area contributed by atoms with Gasteiger partial charge in [-0.3, -0.25) is 0 Å². The zero-order valence-corrected chi connectivity index (χ0v) is 16.7. The summed E-state index contributed by atoms with van der Waals surface area (Å²) in [5.74, 6) is 0. The number of benzene rings is 1. The van der Waals surface area contributed by atoms with Gasteiger partial charge in [-0.05, 0) is 51.3 Å². The molecule has 7 heteroatoms. The molecule has 150 valence electrons. The Labute approximate surface area is 162 Å². The number of aryl methyl sites for hydroxylation is 1. The summed E-state index contributed by atoms with van der Waals surface area (Å²) in [5, 5.41) is 5.94. The molecule has 7 nitrogen and oxygen atoms in total. The molecule has 1 fully saturated rings. The third-order valence-electron chi connectivity index (χ3n) is 4.77. The number of carbonyl (C=O) groups excluding carboxylic acids is 2. The van der Waals surface area contributed by atoms with Crippen molar-refractivity contribution in [3.63, 3.8) is 0 Å². The summed E-state index contributed by atoms with van der Waals surface area (Å²) in [4.78, 5) is 27.8. The lowest BCUT2D eigenvalue weighted by molar-refractivity contribution is 0.0957. The van der Waals surface area contributed by atoms with Crippen LogP contribution in [-0.4, -0.2) is 62.4 Å². The van der Waals surface area contributed by atoms with Gasteiger partial charge in [0.2, 0.25) is 0 Å². The Morgan fingerprint density at radius 2 is 2.00 bits per heavy atom. The van der Waals surface area contributed by atoms with E-state index in [9.17, 15) is 9.59 Å². The second-order valence-electron chi connectivity index (χ2n) is 6.78. The number of amides is 3. The molecular weight excluding hydrogens is 344 g/mol. The van der Waals surface area contributed by atoms with Crippen LogP contribution in [0.2, 0.25) is 0 Å². The van der Waals surface area contributed by atoms with E-state index in [1.807, 2.05) is 0 Å². The van der Waals surface area contributed by atoms with Crippen LogP contribution in [-0.2, 0) is 4.74 Å². The number of carbonyl (C=O) groups is 2. The smallest absolute Gasteiger partial charge is 0.409 e. The van der Waals surface area contributed by atoms with Crippen LogP contribution in [0.4, 0.5) is 15.3 Å². The van der Waals surface area contributed by atoms with E-state index in [2.05, 4.69) is 53.6 Å². The molecule has 27 heavy (non-hydrogen) atoms. The van der Waals surface area contributed by atoms with Gasteiger partial charge >= 0.3 is 12.1 Å². The van der Waals surface area contributed by atoms with Crippen LogP contribution < -0.4 is 15.5 Å². The molecule has 0 aliphatic carbocycles. The molecular formula is C20H32N4O3. The molecule has 0 bridgehead atoms. The van der Waals surface area contributed by atoms with Crippen LogP contribution in [0.3, 0.4) is 0 Å². The molecule has 0 aromatic heterocycles. The van der Waals surface area contributed by atoms with Crippen LogP contribution in [0.25, 0.3) is 0 Å². The highest BCUT2D eigenvalue weighted by molar-refractivity contribution is 5.74. The summed E-state index contributed by atoms with van der Waals surface area (Å²) >= 11 is 0. The van der Waals surface area contributed by atoms with Crippen LogP contribution in [0.1, 0.15) is 32.3 Å². The maximum atomic E-state index is 12.1. The van der Waals surface area contributed by atoms with Crippen molar-refractivity contribution < 1.29 is 14.3 Å². The zero-order valence-electron chi connectivity index (χ0n) is 16.7. The molecule has 0 saturated carbocycles. The Morgan fingerprint density at radius 3 is 2.63 bits per heavy atom. The van der Waals surface area contributed by atoms with Crippen molar-refractivity contribution >= 4 is 17.8 Å². The van der Waals surface area contributed by atoms with Gasteiger partial charge in [-0.1, -0.05) is 12.1 Å². The first-order valence-electron chi connectivity index (χ1n) is 9.81. The predicted octanol–water partition coefficient (Wildman–Crippen LogP) is 2.74. The van der Waals surface area contributed by atoms with Gasteiger partial charge in [0.05, 0.1) is 6.61 Å². The standard InChI is InChI=1S/C20H32N4O3/c1-4-23(18-8-6-7-16(3)15-18)14-11-21-19(25)22-17-9-12-24(13-10-17)20(26)27-5-2/h6-8,15,17H,4-5,9-14H2,1-3H3,(H2,21,22,25). The van der Waals surface area contributed by atoms with Crippen molar-refractivity contribution in [2.24, 2.45) is 0 Å². The topological polar surface area (TPSA) is 73.9 Å². The van der Waals surface area contributed by atoms with Crippen molar-refractivity contribution in [1.82, 2.24) is 15.5 Å². The Morgan fingerprint density at radius 1 is 1.26 bits per heavy atom. The van der Waals surface area contributed by atoms with Gasteiger partial charge in [0, 0.05) is 44.5 Å². The van der Waals surface area contributed by atoms with E-state index in [1.165, 1.54) is 11.3 Å². The fourth-order valence-electron chi connectivity index (χ4n) is 3.26. The molecule has 0 radical (unpaired) electrons. The lowest BCUT2D eigenvalue weighted by atomic mass is 10.1. The van der Waals surface area contributed by atoms with Gasteiger partial charge in [-0.25, -0.2) is 9.59 Å². The molecule has 1 aliphatic heterocycles. The first kappa shape index (κ1) is 20.9. The molecule has 0 atom stereocenters. The number of urea groups is 1. The fraction of sp³-hybridized carbons (Fsp3) is 0.600. The SMILES string of the molecule is CCOC(=O)N1CCC(NC(=O)NCCN(CC)c2cccc(C)c2)CC1. The summed E-state index contributed by atoms with van der Waals surface area (Å²) in [6.07, 6.45) is 1.23. The van der Waals surface area contributed by atoms with Gasteiger partial charge < -0.3 is 25.2 Å². The van der Waals surface area contributed by atoms with Gasteiger partial charge in [0.15, 0.2) is 0 Å². The lowest BCUT2D eigenvalue weighted by Gasteiger charge is -2.31. The van der Waals surface area contributed by atoms with Crippen molar-refractivity contribution in [2.45, 2.75) is 39.7 Å². The number of hydrogen-bond acceptors (Lipinski definition) is 4. The van der Waals surface area contributed by atoms with E-state index in [0.29, 0.717) is 26.2 Å². The zero-order chi connectivity index (χ0) is 19.6. The summed E-state index contributed by atoms with van der Waals surface area (Å²) < 4.78 is 5.01. The molecule has 0 unspecified atom stereocenters. The number of ether oxygens (including phenoxy) is 1. The quantitative estimate of drug-likeness (QED) is 0.767. The summed E-state index contributed by atoms with van der Waals surface area (Å²) in [5.41, 5.74) is 2.40. The number of nitrogens with zero attached hydrogens (tertiary/aromatic N) is 2. The molecule has 1 aromatic rings. The third-order valence-corrected chi connectivity index (χ3v) is 4.77. The second-order valence-corrected chi connectivity index (χ2v) is 6.78. The van der Waals surface area contributed by atoms with E-state index < -0.39 is 0 Å². The van der Waals surface area contributed by atoms with Gasteiger partial charge in [-0.15, -0.1) is 0 Å². The molecule has 1 aromatic carbocycles. The average molecular weight is 377 g/mol. The summed E-state index contributed by atoms with van der Waals surface area (Å²) in [6, 6.07) is 8.32. The summed E-state index contributed by atoms with van der Waals surface area (Å²) in [6.45, 7) is 9.83. The minimum absolute atomic E-state index is 0.0923. The number of likely N-dealkylation sites (tertiary alicyclic amines) is 1. The number of anilines is 1. The van der Waals surface area contributed by atoms with Gasteiger partial charge in [0.1, 0.15) is 0 Å². The van der Waals surface area contributed by atoms with E-state index in [0.717, 1.165) is 25.9 Å². The molecule has 1 saturated heterocycles. The highest BCUT2D eigenvalue weighted by atomic mass is 16.6. The van der Waals surface area contributed by atoms with E-state index in [-0.39, 0.29) is 18.2 Å². The maximum Gasteiger partial charge on any atom is 0.409 e. The second kappa shape index (κ2) is 10.6. The third kappa shape index (κ3) is 6.66. The normalized spacial score (nSPS) is 14.6. The Balaban J connectivity index is 1.68. The minimum atomic E-state index is -0.267. The molecule has 1 heterocycles. The Bertz CT molecular complexity index is 615. The van der Waals surface area contributed by atoms with Crippen LogP contribution in [0.5, 0.6) is 0 Å².